The molecule has 1 aliphatic heterocycles. The number of aryl methyl sites for hydroxylation is 2. The molecule has 3 aromatic carbocycles. The van der Waals surface area contributed by atoms with E-state index >= 15 is 0 Å². The summed E-state index contributed by atoms with van der Waals surface area (Å²) < 4.78 is 0. The van der Waals surface area contributed by atoms with Crippen molar-refractivity contribution in [3.63, 3.8) is 0 Å². The van der Waals surface area contributed by atoms with Crippen LogP contribution in [0.3, 0.4) is 0 Å². The minimum Gasteiger partial charge on any atom is -0.247 e. The van der Waals surface area contributed by atoms with Gasteiger partial charge >= 0.3 is 0 Å². The molecule has 0 spiro atoms. The van der Waals surface area contributed by atoms with E-state index in [1.165, 1.54) is 64.3 Å². The summed E-state index contributed by atoms with van der Waals surface area (Å²) in [5.74, 6) is 0.731. The number of hydrogen-bond acceptors (Lipinski definition) is 1. The predicted octanol–water partition coefficient (Wildman–Crippen LogP) is 6.60. The third kappa shape index (κ3) is 2.33. The fourth-order valence-corrected chi connectivity index (χ4v) is 4.81. The van der Waals surface area contributed by atoms with Gasteiger partial charge in [0.25, 0.3) is 0 Å². The molecule has 0 saturated heterocycles. The molecule has 124 valence electrons. The molecule has 1 aliphatic carbocycles. The van der Waals surface area contributed by atoms with Gasteiger partial charge in [-0.25, -0.2) is 4.99 Å². The molecule has 0 unspecified atom stereocenters. The van der Waals surface area contributed by atoms with Gasteiger partial charge in [-0.15, -0.1) is 0 Å². The Morgan fingerprint density at radius 3 is 2.40 bits per heavy atom. The van der Waals surface area contributed by atoms with Crippen molar-refractivity contribution in [3.8, 4) is 0 Å². The molecule has 1 heterocycles. The van der Waals surface area contributed by atoms with Crippen LogP contribution in [0.1, 0.15) is 59.4 Å². The van der Waals surface area contributed by atoms with Gasteiger partial charge < -0.3 is 0 Å². The summed E-state index contributed by atoms with van der Waals surface area (Å²) in [4.78, 5) is 5.03. The molecule has 0 radical (unpaired) electrons. The lowest BCUT2D eigenvalue weighted by molar-refractivity contribution is 0.729. The van der Waals surface area contributed by atoms with Gasteiger partial charge in [0.15, 0.2) is 0 Å². The van der Waals surface area contributed by atoms with Gasteiger partial charge in [0, 0.05) is 16.5 Å². The Balaban J connectivity index is 1.71. The number of nitrogens with zero attached hydrogens (tertiary/aromatic N) is 1. The maximum atomic E-state index is 5.03. The van der Waals surface area contributed by atoms with Gasteiger partial charge in [0.2, 0.25) is 0 Å². The Hall–Kier alpha value is -2.41. The van der Waals surface area contributed by atoms with Crippen LogP contribution in [-0.4, -0.2) is 5.71 Å². The quantitative estimate of drug-likeness (QED) is 0.394. The first-order valence-electron chi connectivity index (χ1n) is 9.44. The smallest absolute Gasteiger partial charge is 0.0789 e. The van der Waals surface area contributed by atoms with Gasteiger partial charge in [-0.1, -0.05) is 54.3 Å². The summed E-state index contributed by atoms with van der Waals surface area (Å²) in [6.07, 6.45) is 5.42. The van der Waals surface area contributed by atoms with E-state index in [1.54, 1.807) is 0 Å². The fourth-order valence-electron chi connectivity index (χ4n) is 4.81. The molecule has 1 saturated carbocycles. The molecule has 0 atom stereocenters. The summed E-state index contributed by atoms with van der Waals surface area (Å²) in [5.41, 5.74) is 8.95. The van der Waals surface area contributed by atoms with E-state index in [0.29, 0.717) is 0 Å². The number of benzene rings is 3. The minimum atomic E-state index is 0.731. The molecule has 1 fully saturated rings. The Morgan fingerprint density at radius 1 is 0.880 bits per heavy atom. The second-order valence-corrected chi connectivity index (χ2v) is 7.72. The highest BCUT2D eigenvalue weighted by Crippen LogP contribution is 2.43. The van der Waals surface area contributed by atoms with Crippen LogP contribution in [0.5, 0.6) is 0 Å². The van der Waals surface area contributed by atoms with Crippen LogP contribution in [0.4, 0.5) is 5.69 Å². The predicted molar refractivity (Wildman–Crippen MR) is 106 cm³/mol. The number of rotatable bonds is 2. The zero-order valence-electron chi connectivity index (χ0n) is 15.0. The molecule has 0 bridgehead atoms. The Kier molecular flexibility index (Phi) is 3.31. The van der Waals surface area contributed by atoms with Crippen LogP contribution >= 0.6 is 0 Å². The molecule has 0 N–H and O–H groups in total. The highest BCUT2D eigenvalue weighted by atomic mass is 14.8. The van der Waals surface area contributed by atoms with Gasteiger partial charge in [-0.05, 0) is 61.8 Å². The van der Waals surface area contributed by atoms with E-state index in [-0.39, 0.29) is 0 Å². The SMILES string of the molecule is Cc1cc(C)cc(C2=Nc3cccc4c(C5CCCC5)ccc2c34)c1. The van der Waals surface area contributed by atoms with Gasteiger partial charge in [0.05, 0.1) is 11.4 Å². The molecular weight excluding hydrogens is 302 g/mol. The van der Waals surface area contributed by atoms with E-state index in [2.05, 4.69) is 62.4 Å². The lowest BCUT2D eigenvalue weighted by atomic mass is 9.88. The molecule has 25 heavy (non-hydrogen) atoms. The van der Waals surface area contributed by atoms with Gasteiger partial charge in [-0.2, -0.15) is 0 Å². The lowest BCUT2D eigenvalue weighted by Gasteiger charge is -2.15. The third-order valence-electron chi connectivity index (χ3n) is 5.83. The summed E-state index contributed by atoms with van der Waals surface area (Å²) >= 11 is 0. The molecule has 5 rings (SSSR count). The minimum absolute atomic E-state index is 0.731. The monoisotopic (exact) mass is 325 g/mol. The normalized spacial score (nSPS) is 16.6. The van der Waals surface area contributed by atoms with Crippen LogP contribution in [0.25, 0.3) is 10.8 Å². The van der Waals surface area contributed by atoms with Crippen molar-refractivity contribution < 1.29 is 0 Å². The number of aliphatic imine (C=N–C) groups is 1. The molecule has 2 aliphatic rings. The van der Waals surface area contributed by atoms with Crippen molar-refractivity contribution >= 4 is 22.2 Å². The highest BCUT2D eigenvalue weighted by molar-refractivity contribution is 6.26. The summed E-state index contributed by atoms with van der Waals surface area (Å²) in [7, 11) is 0. The second kappa shape index (κ2) is 5.56. The molecule has 0 amide bonds. The maximum Gasteiger partial charge on any atom is 0.0789 e. The maximum absolute atomic E-state index is 5.03. The first-order chi connectivity index (χ1) is 12.2. The topological polar surface area (TPSA) is 12.4 Å². The standard InChI is InChI=1S/C24H23N/c1-15-12-16(2)14-18(13-15)24-21-11-10-19(17-6-3-4-7-17)20-8-5-9-22(25-24)23(20)21/h5,8-14,17H,3-4,6-7H2,1-2H3. The van der Waals surface area contributed by atoms with Crippen molar-refractivity contribution in [2.75, 3.05) is 0 Å². The average Bonchev–Trinajstić information content (AvgIpc) is 3.24. The molecule has 3 aromatic rings. The summed E-state index contributed by atoms with van der Waals surface area (Å²) in [6.45, 7) is 4.33. The summed E-state index contributed by atoms with van der Waals surface area (Å²) in [5, 5.41) is 2.78. The van der Waals surface area contributed by atoms with Crippen LogP contribution in [0.15, 0.2) is 53.5 Å². The number of hydrogen-bond donors (Lipinski definition) is 0. The van der Waals surface area contributed by atoms with Crippen molar-refractivity contribution in [3.05, 3.63) is 76.3 Å². The average molecular weight is 325 g/mol. The van der Waals surface area contributed by atoms with Crippen molar-refractivity contribution in [2.45, 2.75) is 45.4 Å². The van der Waals surface area contributed by atoms with Gasteiger partial charge in [-0.3, -0.25) is 0 Å². The lowest BCUT2D eigenvalue weighted by Crippen LogP contribution is -2.03. The van der Waals surface area contributed by atoms with Crippen LogP contribution < -0.4 is 0 Å². The zero-order valence-corrected chi connectivity index (χ0v) is 15.0. The molecular formula is C24H23N. The van der Waals surface area contributed by atoms with Crippen LogP contribution in [0.2, 0.25) is 0 Å². The molecule has 1 heteroatoms. The first kappa shape index (κ1) is 14.9. The third-order valence-corrected chi connectivity index (χ3v) is 5.83. The van der Waals surface area contributed by atoms with E-state index in [4.69, 9.17) is 4.99 Å². The fraction of sp³-hybridized carbons (Fsp3) is 0.292. The van der Waals surface area contributed by atoms with E-state index in [1.807, 2.05) is 0 Å². The van der Waals surface area contributed by atoms with E-state index < -0.39 is 0 Å². The van der Waals surface area contributed by atoms with Crippen molar-refractivity contribution in [2.24, 2.45) is 4.99 Å². The Morgan fingerprint density at radius 2 is 1.64 bits per heavy atom. The Bertz CT molecular complexity index is 999. The second-order valence-electron chi connectivity index (χ2n) is 7.72. The molecule has 1 nitrogen and oxygen atoms in total. The largest absolute Gasteiger partial charge is 0.247 e. The molecule has 0 aromatic heterocycles. The van der Waals surface area contributed by atoms with Crippen LogP contribution in [-0.2, 0) is 0 Å². The van der Waals surface area contributed by atoms with E-state index in [9.17, 15) is 0 Å². The summed E-state index contributed by atoms with van der Waals surface area (Å²) in [6, 6.07) is 18.1. The Labute approximate surface area is 149 Å². The van der Waals surface area contributed by atoms with Crippen molar-refractivity contribution in [1.82, 2.24) is 0 Å². The highest BCUT2D eigenvalue weighted by Gasteiger charge is 2.25. The van der Waals surface area contributed by atoms with Gasteiger partial charge in [0.1, 0.15) is 0 Å². The first-order valence-corrected chi connectivity index (χ1v) is 9.44. The zero-order chi connectivity index (χ0) is 17.0. The van der Waals surface area contributed by atoms with Crippen LogP contribution in [0, 0.1) is 13.8 Å². The van der Waals surface area contributed by atoms with E-state index in [0.717, 1.165) is 17.3 Å². The van der Waals surface area contributed by atoms with Crippen molar-refractivity contribution in [1.29, 1.82) is 0 Å².